The second-order valence-corrected chi connectivity index (χ2v) is 3.85. The molecule has 1 unspecified atom stereocenters. The molecule has 0 saturated heterocycles. The maximum atomic E-state index is 11.9. The Kier molecular flexibility index (Phi) is 3.64. The molecule has 2 rings (SSSR count). The molecule has 0 spiro atoms. The number of benzene rings is 1. The normalized spacial score (nSPS) is 11.9. The molecular formula is C13H13N3O2. The molecule has 1 aromatic carbocycles. The summed E-state index contributed by atoms with van der Waals surface area (Å²) < 4.78 is 0. The van der Waals surface area contributed by atoms with Gasteiger partial charge >= 0.3 is 0 Å². The monoisotopic (exact) mass is 243 g/mol. The lowest BCUT2D eigenvalue weighted by atomic mass is 10.1. The van der Waals surface area contributed by atoms with Crippen LogP contribution in [0.3, 0.4) is 0 Å². The molecule has 2 N–H and O–H groups in total. The van der Waals surface area contributed by atoms with Gasteiger partial charge < -0.3 is 10.4 Å². The molecule has 5 nitrogen and oxygen atoms in total. The van der Waals surface area contributed by atoms with Crippen LogP contribution in [0.2, 0.25) is 0 Å². The highest BCUT2D eigenvalue weighted by molar-refractivity contribution is 6.04. The number of nitrogens with zero attached hydrogens (tertiary/aromatic N) is 2. The van der Waals surface area contributed by atoms with Gasteiger partial charge in [-0.05, 0) is 19.1 Å². The number of hydrogen-bond acceptors (Lipinski definition) is 4. The molecular weight excluding hydrogens is 230 g/mol. The number of carbonyl (C=O) groups is 1. The molecule has 2 aromatic rings. The van der Waals surface area contributed by atoms with Crippen molar-refractivity contribution in [1.82, 2.24) is 10.2 Å². The van der Waals surface area contributed by atoms with E-state index in [1.165, 1.54) is 12.4 Å². The second-order valence-electron chi connectivity index (χ2n) is 3.85. The highest BCUT2D eigenvalue weighted by Crippen LogP contribution is 2.22. The zero-order valence-electron chi connectivity index (χ0n) is 9.87. The number of aliphatic hydroxyl groups excluding tert-OH is 1. The van der Waals surface area contributed by atoms with Gasteiger partial charge in [-0.3, -0.25) is 4.79 Å². The van der Waals surface area contributed by atoms with Gasteiger partial charge in [0.1, 0.15) is 0 Å². The quantitative estimate of drug-likeness (QED) is 0.861. The summed E-state index contributed by atoms with van der Waals surface area (Å²) in [6, 6.07) is 8.70. The van der Waals surface area contributed by atoms with E-state index in [4.69, 9.17) is 0 Å². The van der Waals surface area contributed by atoms with E-state index in [-0.39, 0.29) is 5.91 Å². The standard InChI is InChI=1S/C13H13N3O2/c1-9(17)11-4-2-3-5-12(11)16-13(18)10-6-7-14-15-8-10/h2-9,17H,1H3,(H,16,18). The summed E-state index contributed by atoms with van der Waals surface area (Å²) >= 11 is 0. The number of anilines is 1. The highest BCUT2D eigenvalue weighted by Gasteiger charge is 2.11. The average Bonchev–Trinajstić information content (AvgIpc) is 2.40. The largest absolute Gasteiger partial charge is 0.389 e. The van der Waals surface area contributed by atoms with Gasteiger partial charge in [-0.2, -0.15) is 10.2 Å². The third-order valence-corrected chi connectivity index (χ3v) is 2.51. The van der Waals surface area contributed by atoms with Gasteiger partial charge in [-0.25, -0.2) is 0 Å². The molecule has 0 radical (unpaired) electrons. The van der Waals surface area contributed by atoms with Crippen LogP contribution in [0.15, 0.2) is 42.7 Å². The molecule has 1 amide bonds. The van der Waals surface area contributed by atoms with Crippen molar-refractivity contribution in [3.05, 3.63) is 53.9 Å². The van der Waals surface area contributed by atoms with Gasteiger partial charge in [0.15, 0.2) is 0 Å². The summed E-state index contributed by atoms with van der Waals surface area (Å²) in [5, 5.41) is 19.6. The van der Waals surface area contributed by atoms with Gasteiger partial charge in [0, 0.05) is 11.3 Å². The van der Waals surface area contributed by atoms with Crippen molar-refractivity contribution in [2.45, 2.75) is 13.0 Å². The van der Waals surface area contributed by atoms with E-state index < -0.39 is 6.10 Å². The highest BCUT2D eigenvalue weighted by atomic mass is 16.3. The molecule has 1 atom stereocenters. The Morgan fingerprint density at radius 1 is 1.28 bits per heavy atom. The first-order valence-electron chi connectivity index (χ1n) is 5.53. The van der Waals surface area contributed by atoms with E-state index >= 15 is 0 Å². The summed E-state index contributed by atoms with van der Waals surface area (Å²) in [6.07, 6.45) is 2.20. The summed E-state index contributed by atoms with van der Waals surface area (Å²) in [5.41, 5.74) is 1.69. The van der Waals surface area contributed by atoms with Crippen molar-refractivity contribution in [2.24, 2.45) is 0 Å². The molecule has 0 aliphatic rings. The Morgan fingerprint density at radius 2 is 2.06 bits per heavy atom. The minimum Gasteiger partial charge on any atom is -0.389 e. The van der Waals surface area contributed by atoms with Gasteiger partial charge in [-0.15, -0.1) is 0 Å². The number of para-hydroxylation sites is 1. The van der Waals surface area contributed by atoms with E-state index in [0.717, 1.165) is 0 Å². The molecule has 1 heterocycles. The first kappa shape index (κ1) is 12.2. The van der Waals surface area contributed by atoms with Crippen molar-refractivity contribution < 1.29 is 9.90 Å². The van der Waals surface area contributed by atoms with Crippen molar-refractivity contribution in [3.63, 3.8) is 0 Å². The van der Waals surface area contributed by atoms with Crippen LogP contribution in [0.1, 0.15) is 28.9 Å². The summed E-state index contributed by atoms with van der Waals surface area (Å²) in [7, 11) is 0. The van der Waals surface area contributed by atoms with Crippen LogP contribution in [-0.2, 0) is 0 Å². The fraction of sp³-hybridized carbons (Fsp3) is 0.154. The Morgan fingerprint density at radius 3 is 2.72 bits per heavy atom. The van der Waals surface area contributed by atoms with Crippen LogP contribution in [0.4, 0.5) is 5.69 Å². The third kappa shape index (κ3) is 2.70. The Labute approximate surface area is 104 Å². The van der Waals surface area contributed by atoms with Crippen molar-refractivity contribution in [3.8, 4) is 0 Å². The predicted molar refractivity (Wildman–Crippen MR) is 67.1 cm³/mol. The average molecular weight is 243 g/mol. The van der Waals surface area contributed by atoms with E-state index in [0.29, 0.717) is 16.8 Å². The molecule has 5 heteroatoms. The summed E-state index contributed by atoms with van der Waals surface area (Å²) in [5.74, 6) is -0.280. The molecule has 0 bridgehead atoms. The Balaban J connectivity index is 2.22. The van der Waals surface area contributed by atoms with Crippen LogP contribution in [0, 0.1) is 0 Å². The zero-order chi connectivity index (χ0) is 13.0. The van der Waals surface area contributed by atoms with Crippen LogP contribution >= 0.6 is 0 Å². The van der Waals surface area contributed by atoms with E-state index in [9.17, 15) is 9.90 Å². The van der Waals surface area contributed by atoms with Crippen LogP contribution < -0.4 is 5.32 Å². The Hall–Kier alpha value is -2.27. The summed E-state index contributed by atoms with van der Waals surface area (Å²) in [6.45, 7) is 1.65. The minimum atomic E-state index is -0.642. The number of aliphatic hydroxyl groups is 1. The zero-order valence-corrected chi connectivity index (χ0v) is 9.87. The van der Waals surface area contributed by atoms with E-state index in [1.807, 2.05) is 6.07 Å². The van der Waals surface area contributed by atoms with Crippen molar-refractivity contribution in [2.75, 3.05) is 5.32 Å². The number of hydrogen-bond donors (Lipinski definition) is 2. The first-order chi connectivity index (χ1) is 8.68. The first-order valence-corrected chi connectivity index (χ1v) is 5.53. The molecule has 0 saturated carbocycles. The van der Waals surface area contributed by atoms with Crippen LogP contribution in [0.5, 0.6) is 0 Å². The predicted octanol–water partition coefficient (Wildman–Crippen LogP) is 1.78. The van der Waals surface area contributed by atoms with Crippen LogP contribution in [-0.4, -0.2) is 21.2 Å². The number of carbonyl (C=O) groups excluding carboxylic acids is 1. The van der Waals surface area contributed by atoms with E-state index in [2.05, 4.69) is 15.5 Å². The minimum absolute atomic E-state index is 0.280. The number of rotatable bonds is 3. The molecule has 1 aromatic heterocycles. The molecule has 0 fully saturated rings. The fourth-order valence-electron chi connectivity index (χ4n) is 1.59. The van der Waals surface area contributed by atoms with Crippen molar-refractivity contribution in [1.29, 1.82) is 0 Å². The molecule has 0 aliphatic heterocycles. The SMILES string of the molecule is CC(O)c1ccccc1NC(=O)c1ccnnc1. The maximum Gasteiger partial charge on any atom is 0.257 e. The Bertz CT molecular complexity index is 541. The van der Waals surface area contributed by atoms with Gasteiger partial charge in [0.25, 0.3) is 5.91 Å². The third-order valence-electron chi connectivity index (χ3n) is 2.51. The van der Waals surface area contributed by atoms with Gasteiger partial charge in [0.2, 0.25) is 0 Å². The fourth-order valence-corrected chi connectivity index (χ4v) is 1.59. The maximum absolute atomic E-state index is 11.9. The van der Waals surface area contributed by atoms with Gasteiger partial charge in [-0.1, -0.05) is 18.2 Å². The van der Waals surface area contributed by atoms with Gasteiger partial charge in [0.05, 0.1) is 24.1 Å². The smallest absolute Gasteiger partial charge is 0.257 e. The molecule has 18 heavy (non-hydrogen) atoms. The lowest BCUT2D eigenvalue weighted by molar-refractivity contribution is 0.102. The number of amides is 1. The van der Waals surface area contributed by atoms with Crippen LogP contribution in [0.25, 0.3) is 0 Å². The molecule has 0 aliphatic carbocycles. The topological polar surface area (TPSA) is 75.1 Å². The lowest BCUT2D eigenvalue weighted by Gasteiger charge is -2.12. The second kappa shape index (κ2) is 5.37. The summed E-state index contributed by atoms with van der Waals surface area (Å²) in [4.78, 5) is 11.9. The lowest BCUT2D eigenvalue weighted by Crippen LogP contribution is -2.14. The van der Waals surface area contributed by atoms with Crippen molar-refractivity contribution >= 4 is 11.6 Å². The molecule has 92 valence electrons. The van der Waals surface area contributed by atoms with E-state index in [1.54, 1.807) is 31.2 Å². The number of aromatic nitrogens is 2. The number of nitrogens with one attached hydrogen (secondary N) is 1.